The van der Waals surface area contributed by atoms with E-state index >= 15 is 0 Å². The lowest BCUT2D eigenvalue weighted by atomic mass is 9.95. The molecule has 214 valence electrons. The summed E-state index contributed by atoms with van der Waals surface area (Å²) in [5.41, 5.74) is 1.36. The van der Waals surface area contributed by atoms with Crippen LogP contribution in [0.1, 0.15) is 48.5 Å². The van der Waals surface area contributed by atoms with Crippen molar-refractivity contribution in [1.82, 2.24) is 20.4 Å². The normalized spacial score (nSPS) is 19.8. The molecule has 0 saturated carbocycles. The maximum absolute atomic E-state index is 13.5. The van der Waals surface area contributed by atoms with Crippen LogP contribution in [-0.2, 0) is 20.8 Å². The number of amides is 4. The van der Waals surface area contributed by atoms with Crippen molar-refractivity contribution in [2.75, 3.05) is 39.3 Å². The fourth-order valence-electron chi connectivity index (χ4n) is 5.18. The van der Waals surface area contributed by atoms with Gasteiger partial charge in [-0.05, 0) is 55.9 Å². The van der Waals surface area contributed by atoms with Gasteiger partial charge in [0.1, 0.15) is 12.4 Å². The highest BCUT2D eigenvalue weighted by molar-refractivity contribution is 6.31. The SMILES string of the molecule is CC(=O)N1CCC(C(=O)N2CCCCNC(=O)c3cc(Cl)ccc3OC[C@H](Cc3ccccc3)NC(=O)C2)CC1. The Labute approximate surface area is 240 Å². The van der Waals surface area contributed by atoms with Crippen LogP contribution in [0.4, 0.5) is 0 Å². The van der Waals surface area contributed by atoms with Crippen molar-refractivity contribution >= 4 is 35.2 Å². The molecule has 0 unspecified atom stereocenters. The Morgan fingerprint density at radius 2 is 1.75 bits per heavy atom. The van der Waals surface area contributed by atoms with Crippen molar-refractivity contribution in [3.63, 3.8) is 0 Å². The number of fused-ring (bicyclic) bond motifs is 1. The van der Waals surface area contributed by atoms with Crippen LogP contribution in [0, 0.1) is 5.92 Å². The number of halogens is 1. The van der Waals surface area contributed by atoms with Gasteiger partial charge in [-0.3, -0.25) is 19.2 Å². The summed E-state index contributed by atoms with van der Waals surface area (Å²) in [5, 5.41) is 6.40. The minimum atomic E-state index is -0.401. The van der Waals surface area contributed by atoms with Gasteiger partial charge in [0.05, 0.1) is 18.2 Å². The molecule has 2 aliphatic heterocycles. The maximum Gasteiger partial charge on any atom is 0.255 e. The summed E-state index contributed by atoms with van der Waals surface area (Å²) >= 11 is 6.18. The average Bonchev–Trinajstić information content (AvgIpc) is 2.95. The third kappa shape index (κ3) is 8.21. The Morgan fingerprint density at radius 3 is 2.48 bits per heavy atom. The van der Waals surface area contributed by atoms with E-state index in [1.54, 1.807) is 28.0 Å². The van der Waals surface area contributed by atoms with Crippen LogP contribution in [0.5, 0.6) is 5.75 Å². The largest absolute Gasteiger partial charge is 0.491 e. The molecule has 40 heavy (non-hydrogen) atoms. The van der Waals surface area contributed by atoms with Crippen LogP contribution >= 0.6 is 11.6 Å². The van der Waals surface area contributed by atoms with E-state index in [-0.39, 0.29) is 42.7 Å². The molecule has 2 aromatic carbocycles. The number of carbonyl (C=O) groups is 4. The number of nitrogens with zero attached hydrogens (tertiary/aromatic N) is 2. The lowest BCUT2D eigenvalue weighted by Crippen LogP contribution is -2.49. The molecule has 1 atom stereocenters. The number of hydrogen-bond acceptors (Lipinski definition) is 5. The summed E-state index contributed by atoms with van der Waals surface area (Å²) in [7, 11) is 0. The molecular formula is C30H37ClN4O5. The molecule has 2 heterocycles. The van der Waals surface area contributed by atoms with Gasteiger partial charge in [0.15, 0.2) is 0 Å². The van der Waals surface area contributed by atoms with Gasteiger partial charge in [0.2, 0.25) is 17.7 Å². The molecule has 0 bridgehead atoms. The number of piperidine rings is 1. The molecule has 2 aromatic rings. The van der Waals surface area contributed by atoms with Gasteiger partial charge in [-0.25, -0.2) is 0 Å². The lowest BCUT2D eigenvalue weighted by molar-refractivity contribution is -0.142. The van der Waals surface area contributed by atoms with E-state index in [0.717, 1.165) is 5.56 Å². The molecular weight excluding hydrogens is 532 g/mol. The second-order valence-corrected chi connectivity index (χ2v) is 10.8. The Kier molecular flexibility index (Phi) is 10.4. The zero-order valence-corrected chi connectivity index (χ0v) is 23.6. The molecule has 10 heteroatoms. The highest BCUT2D eigenvalue weighted by atomic mass is 35.5. The molecule has 1 fully saturated rings. The molecule has 2 aliphatic rings. The van der Waals surface area contributed by atoms with Gasteiger partial charge >= 0.3 is 0 Å². The Balaban J connectivity index is 1.52. The Bertz CT molecular complexity index is 1200. The summed E-state index contributed by atoms with van der Waals surface area (Å²) in [6.45, 7) is 3.49. The number of benzene rings is 2. The fraction of sp³-hybridized carbons (Fsp3) is 0.467. The standard InChI is InChI=1S/C30H37ClN4O5/c1-21(36)34-15-11-23(12-16-34)30(39)35-14-6-5-13-32-29(38)26-18-24(31)9-10-27(26)40-20-25(33-28(37)19-35)17-22-7-3-2-4-8-22/h2-4,7-10,18,23,25H,5-6,11-17,19-20H2,1H3,(H,32,38)(H,33,37)/t25-/m0/s1. The molecule has 0 radical (unpaired) electrons. The highest BCUT2D eigenvalue weighted by Crippen LogP contribution is 2.24. The third-order valence-corrected chi connectivity index (χ3v) is 7.63. The fourth-order valence-corrected chi connectivity index (χ4v) is 5.36. The van der Waals surface area contributed by atoms with E-state index in [1.165, 1.54) is 6.92 Å². The highest BCUT2D eigenvalue weighted by Gasteiger charge is 2.30. The lowest BCUT2D eigenvalue weighted by Gasteiger charge is -2.34. The van der Waals surface area contributed by atoms with Crippen LogP contribution in [0.2, 0.25) is 5.02 Å². The van der Waals surface area contributed by atoms with E-state index in [1.807, 2.05) is 30.3 Å². The van der Waals surface area contributed by atoms with Crippen LogP contribution in [0.3, 0.4) is 0 Å². The van der Waals surface area contributed by atoms with Gasteiger partial charge < -0.3 is 25.2 Å². The number of nitrogens with one attached hydrogen (secondary N) is 2. The molecule has 4 rings (SSSR count). The van der Waals surface area contributed by atoms with Gasteiger partial charge in [-0.15, -0.1) is 0 Å². The predicted octanol–water partition coefficient (Wildman–Crippen LogP) is 3.06. The van der Waals surface area contributed by atoms with Gasteiger partial charge in [-0.2, -0.15) is 0 Å². The minimum absolute atomic E-state index is 0.0117. The van der Waals surface area contributed by atoms with Crippen LogP contribution < -0.4 is 15.4 Å². The first-order valence-electron chi connectivity index (χ1n) is 13.9. The van der Waals surface area contributed by atoms with Crippen LogP contribution in [-0.4, -0.2) is 78.8 Å². The van der Waals surface area contributed by atoms with Gasteiger partial charge in [0.25, 0.3) is 5.91 Å². The van der Waals surface area contributed by atoms with E-state index < -0.39 is 6.04 Å². The molecule has 9 nitrogen and oxygen atoms in total. The number of rotatable bonds is 3. The van der Waals surface area contributed by atoms with Crippen LogP contribution in [0.15, 0.2) is 48.5 Å². The molecule has 0 aromatic heterocycles. The van der Waals surface area contributed by atoms with E-state index in [4.69, 9.17) is 16.3 Å². The Hall–Kier alpha value is -3.59. The molecule has 0 spiro atoms. The number of hydrogen-bond donors (Lipinski definition) is 2. The van der Waals surface area contributed by atoms with Crippen molar-refractivity contribution in [3.05, 3.63) is 64.7 Å². The predicted molar refractivity (Wildman–Crippen MR) is 152 cm³/mol. The quantitative estimate of drug-likeness (QED) is 0.592. The monoisotopic (exact) mass is 568 g/mol. The van der Waals surface area contributed by atoms with E-state index in [9.17, 15) is 19.2 Å². The van der Waals surface area contributed by atoms with E-state index in [0.29, 0.717) is 74.6 Å². The summed E-state index contributed by atoms with van der Waals surface area (Å²) < 4.78 is 6.07. The first kappa shape index (κ1) is 29.4. The number of ether oxygens (including phenoxy) is 1. The average molecular weight is 569 g/mol. The minimum Gasteiger partial charge on any atom is -0.491 e. The van der Waals surface area contributed by atoms with E-state index in [2.05, 4.69) is 10.6 Å². The summed E-state index contributed by atoms with van der Waals surface area (Å²) in [6, 6.07) is 14.3. The Morgan fingerprint density at radius 1 is 1.00 bits per heavy atom. The smallest absolute Gasteiger partial charge is 0.255 e. The number of carbonyl (C=O) groups excluding carboxylic acids is 4. The second-order valence-electron chi connectivity index (χ2n) is 10.4. The zero-order valence-electron chi connectivity index (χ0n) is 22.9. The molecule has 0 aliphatic carbocycles. The summed E-state index contributed by atoms with van der Waals surface area (Å²) in [4.78, 5) is 54.9. The topological polar surface area (TPSA) is 108 Å². The van der Waals surface area contributed by atoms with Crippen LogP contribution in [0.25, 0.3) is 0 Å². The second kappa shape index (κ2) is 14.2. The molecule has 2 N–H and O–H groups in total. The van der Waals surface area contributed by atoms with Crippen molar-refractivity contribution < 1.29 is 23.9 Å². The summed E-state index contributed by atoms with van der Waals surface area (Å²) in [5.74, 6) is -0.450. The zero-order chi connectivity index (χ0) is 28.5. The maximum atomic E-state index is 13.5. The van der Waals surface area contributed by atoms with Crippen molar-refractivity contribution in [1.29, 1.82) is 0 Å². The van der Waals surface area contributed by atoms with Gasteiger partial charge in [-0.1, -0.05) is 41.9 Å². The third-order valence-electron chi connectivity index (χ3n) is 7.39. The van der Waals surface area contributed by atoms with Gasteiger partial charge in [0, 0.05) is 44.0 Å². The molecule has 1 saturated heterocycles. The first-order chi connectivity index (χ1) is 19.3. The first-order valence-corrected chi connectivity index (χ1v) is 14.3. The molecule has 4 amide bonds. The summed E-state index contributed by atoms with van der Waals surface area (Å²) in [6.07, 6.45) is 2.93. The van der Waals surface area contributed by atoms with Crippen molar-refractivity contribution in [2.24, 2.45) is 5.92 Å². The van der Waals surface area contributed by atoms with Crippen molar-refractivity contribution in [3.8, 4) is 5.75 Å². The van der Waals surface area contributed by atoms with Crippen molar-refractivity contribution in [2.45, 2.75) is 45.1 Å². The number of likely N-dealkylation sites (tertiary alicyclic amines) is 1.